The number of nitrogens with one attached hydrogen (secondary N) is 1. The molecular formula is C11H8N4OS. The molecule has 6 heteroatoms. The van der Waals surface area contributed by atoms with Crippen molar-refractivity contribution in [3.05, 3.63) is 47.7 Å². The third kappa shape index (κ3) is 1.90. The van der Waals surface area contributed by atoms with Gasteiger partial charge in [-0.2, -0.15) is 5.10 Å². The zero-order chi connectivity index (χ0) is 11.7. The van der Waals surface area contributed by atoms with Crippen LogP contribution in [-0.2, 0) is 0 Å². The van der Waals surface area contributed by atoms with Crippen LogP contribution in [0.2, 0.25) is 0 Å². The van der Waals surface area contributed by atoms with Gasteiger partial charge in [-0.25, -0.2) is 9.50 Å². The number of hydrogen-bond donors (Lipinski definition) is 1. The van der Waals surface area contributed by atoms with Crippen molar-refractivity contribution in [2.75, 3.05) is 5.32 Å². The molecule has 0 aromatic carbocycles. The number of anilines is 1. The highest BCUT2D eigenvalue weighted by Crippen LogP contribution is 2.16. The summed E-state index contributed by atoms with van der Waals surface area (Å²) in [6, 6.07) is 7.14. The van der Waals surface area contributed by atoms with Crippen LogP contribution in [-0.4, -0.2) is 20.5 Å². The molecule has 3 rings (SSSR count). The van der Waals surface area contributed by atoms with Crippen LogP contribution in [0.15, 0.2) is 42.0 Å². The molecule has 3 aromatic heterocycles. The maximum atomic E-state index is 11.9. The van der Waals surface area contributed by atoms with Gasteiger partial charge in [0.15, 0.2) is 11.3 Å². The summed E-state index contributed by atoms with van der Waals surface area (Å²) in [6.45, 7) is 0. The van der Waals surface area contributed by atoms with Crippen LogP contribution >= 0.6 is 11.3 Å². The summed E-state index contributed by atoms with van der Waals surface area (Å²) in [7, 11) is 0. The minimum Gasteiger partial charge on any atom is -0.312 e. The van der Waals surface area contributed by atoms with Crippen molar-refractivity contribution >= 4 is 27.9 Å². The van der Waals surface area contributed by atoms with Crippen molar-refractivity contribution in [2.45, 2.75) is 0 Å². The molecule has 0 aliphatic carbocycles. The maximum absolute atomic E-state index is 11.9. The van der Waals surface area contributed by atoms with Crippen molar-refractivity contribution in [3.8, 4) is 0 Å². The SMILES string of the molecule is O=C(Nc1cccs1)c1cc2ncccn2n1. The summed E-state index contributed by atoms with van der Waals surface area (Å²) in [6.07, 6.45) is 3.42. The summed E-state index contributed by atoms with van der Waals surface area (Å²) in [5.74, 6) is -0.224. The third-order valence-corrected chi connectivity index (χ3v) is 3.01. The molecular weight excluding hydrogens is 236 g/mol. The van der Waals surface area contributed by atoms with Crippen molar-refractivity contribution in [2.24, 2.45) is 0 Å². The van der Waals surface area contributed by atoms with Crippen LogP contribution in [0.1, 0.15) is 10.5 Å². The topological polar surface area (TPSA) is 59.3 Å². The molecule has 3 aromatic rings. The first-order valence-corrected chi connectivity index (χ1v) is 5.86. The Kier molecular flexibility index (Phi) is 2.34. The fraction of sp³-hybridized carbons (Fsp3) is 0. The van der Waals surface area contributed by atoms with E-state index in [9.17, 15) is 4.79 Å². The van der Waals surface area contributed by atoms with Gasteiger partial charge in [-0.1, -0.05) is 0 Å². The van der Waals surface area contributed by atoms with E-state index in [0.717, 1.165) is 5.00 Å². The average molecular weight is 244 g/mol. The highest BCUT2D eigenvalue weighted by molar-refractivity contribution is 7.14. The molecule has 0 saturated heterocycles. The summed E-state index contributed by atoms with van der Waals surface area (Å²) in [5.41, 5.74) is 1.01. The summed E-state index contributed by atoms with van der Waals surface area (Å²) < 4.78 is 1.57. The third-order valence-electron chi connectivity index (χ3n) is 2.23. The summed E-state index contributed by atoms with van der Waals surface area (Å²) in [4.78, 5) is 16.0. The van der Waals surface area contributed by atoms with E-state index in [2.05, 4.69) is 15.4 Å². The first-order valence-electron chi connectivity index (χ1n) is 4.98. The standard InChI is InChI=1S/C11H8N4OS/c16-11(13-10-3-1-6-17-10)8-7-9-12-4-2-5-15(9)14-8/h1-7H,(H,13,16). The van der Waals surface area contributed by atoms with E-state index < -0.39 is 0 Å². The summed E-state index contributed by atoms with van der Waals surface area (Å²) in [5, 5.41) is 9.62. The molecule has 1 amide bonds. The molecule has 0 aliphatic rings. The number of hydrogen-bond acceptors (Lipinski definition) is 4. The lowest BCUT2D eigenvalue weighted by Gasteiger charge is -1.97. The normalized spacial score (nSPS) is 10.6. The molecule has 84 valence electrons. The highest BCUT2D eigenvalue weighted by Gasteiger charge is 2.11. The van der Waals surface area contributed by atoms with E-state index in [1.807, 2.05) is 17.5 Å². The maximum Gasteiger partial charge on any atom is 0.276 e. The molecule has 3 heterocycles. The van der Waals surface area contributed by atoms with Gasteiger partial charge in [-0.05, 0) is 23.6 Å². The Hall–Kier alpha value is -2.21. The Morgan fingerprint density at radius 2 is 2.35 bits per heavy atom. The van der Waals surface area contributed by atoms with Gasteiger partial charge >= 0.3 is 0 Å². The lowest BCUT2D eigenvalue weighted by molar-refractivity contribution is 0.102. The van der Waals surface area contributed by atoms with Crippen LogP contribution in [0.5, 0.6) is 0 Å². The number of fused-ring (bicyclic) bond motifs is 1. The van der Waals surface area contributed by atoms with Crippen molar-refractivity contribution in [3.63, 3.8) is 0 Å². The van der Waals surface area contributed by atoms with Gasteiger partial charge in [0.1, 0.15) is 0 Å². The Labute approximate surface area is 101 Å². The number of thiophene rings is 1. The van der Waals surface area contributed by atoms with Crippen molar-refractivity contribution < 1.29 is 4.79 Å². The average Bonchev–Trinajstić information content (AvgIpc) is 2.96. The van der Waals surface area contributed by atoms with E-state index >= 15 is 0 Å². The molecule has 0 bridgehead atoms. The van der Waals surface area contributed by atoms with Crippen LogP contribution in [0.4, 0.5) is 5.00 Å². The molecule has 0 radical (unpaired) electrons. The summed E-state index contributed by atoms with van der Waals surface area (Å²) >= 11 is 1.47. The quantitative estimate of drug-likeness (QED) is 0.750. The number of aromatic nitrogens is 3. The van der Waals surface area contributed by atoms with E-state index in [4.69, 9.17) is 0 Å². The molecule has 0 atom stereocenters. The number of rotatable bonds is 2. The number of carbonyl (C=O) groups is 1. The van der Waals surface area contributed by atoms with E-state index in [1.54, 1.807) is 29.0 Å². The van der Waals surface area contributed by atoms with Crippen LogP contribution < -0.4 is 5.32 Å². The second-order valence-corrected chi connectivity index (χ2v) is 4.33. The molecule has 5 nitrogen and oxygen atoms in total. The van der Waals surface area contributed by atoms with Crippen LogP contribution in [0.3, 0.4) is 0 Å². The van der Waals surface area contributed by atoms with E-state index in [0.29, 0.717) is 11.3 Å². The monoisotopic (exact) mass is 244 g/mol. The smallest absolute Gasteiger partial charge is 0.276 e. The predicted molar refractivity (Wildman–Crippen MR) is 65.3 cm³/mol. The van der Waals surface area contributed by atoms with Crippen molar-refractivity contribution in [1.29, 1.82) is 0 Å². The molecule has 0 unspecified atom stereocenters. The highest BCUT2D eigenvalue weighted by atomic mass is 32.1. The largest absolute Gasteiger partial charge is 0.312 e. The molecule has 0 spiro atoms. The van der Waals surface area contributed by atoms with Crippen LogP contribution in [0, 0.1) is 0 Å². The number of carbonyl (C=O) groups excluding carboxylic acids is 1. The first kappa shape index (κ1) is 9.98. The predicted octanol–water partition coefficient (Wildman–Crippen LogP) is 2.04. The van der Waals surface area contributed by atoms with Gasteiger partial charge in [0.05, 0.1) is 5.00 Å². The van der Waals surface area contributed by atoms with Gasteiger partial charge in [-0.15, -0.1) is 11.3 Å². The Morgan fingerprint density at radius 1 is 1.41 bits per heavy atom. The fourth-order valence-electron chi connectivity index (χ4n) is 1.47. The second kappa shape index (κ2) is 3.99. The van der Waals surface area contributed by atoms with Crippen molar-refractivity contribution in [1.82, 2.24) is 14.6 Å². The molecule has 1 N–H and O–H groups in total. The Morgan fingerprint density at radius 3 is 3.12 bits per heavy atom. The first-order chi connectivity index (χ1) is 8.33. The zero-order valence-electron chi connectivity index (χ0n) is 8.70. The molecule has 0 saturated carbocycles. The molecule has 0 aliphatic heterocycles. The van der Waals surface area contributed by atoms with Gasteiger partial charge in [0.25, 0.3) is 5.91 Å². The van der Waals surface area contributed by atoms with E-state index in [-0.39, 0.29) is 5.91 Å². The van der Waals surface area contributed by atoms with Gasteiger partial charge in [0, 0.05) is 18.5 Å². The fourth-order valence-corrected chi connectivity index (χ4v) is 2.08. The molecule has 17 heavy (non-hydrogen) atoms. The Balaban J connectivity index is 1.90. The van der Waals surface area contributed by atoms with Gasteiger partial charge < -0.3 is 5.32 Å². The number of amides is 1. The van der Waals surface area contributed by atoms with Gasteiger partial charge in [-0.3, -0.25) is 4.79 Å². The van der Waals surface area contributed by atoms with Crippen LogP contribution in [0.25, 0.3) is 5.65 Å². The van der Waals surface area contributed by atoms with E-state index in [1.165, 1.54) is 11.3 Å². The second-order valence-electron chi connectivity index (χ2n) is 3.38. The zero-order valence-corrected chi connectivity index (χ0v) is 9.52. The molecule has 0 fully saturated rings. The lowest BCUT2D eigenvalue weighted by Crippen LogP contribution is -2.11. The van der Waals surface area contributed by atoms with Gasteiger partial charge in [0.2, 0.25) is 0 Å². The number of nitrogens with zero attached hydrogens (tertiary/aromatic N) is 3. The minimum atomic E-state index is -0.224. The Bertz CT molecular complexity index is 626. The lowest BCUT2D eigenvalue weighted by atomic mass is 10.4. The minimum absolute atomic E-state index is 0.224.